The number of rotatable bonds is 7. The monoisotopic (exact) mass is 252 g/mol. The molecule has 0 spiro atoms. The van der Waals surface area contributed by atoms with Crippen LogP contribution in [0.25, 0.3) is 0 Å². The van der Waals surface area contributed by atoms with Crippen molar-refractivity contribution in [2.45, 2.75) is 39.9 Å². The van der Waals surface area contributed by atoms with Crippen LogP contribution in [-0.2, 0) is 9.47 Å². The van der Waals surface area contributed by atoms with Crippen molar-refractivity contribution in [3.8, 4) is 0 Å². The maximum atomic E-state index is 10.0. The van der Waals surface area contributed by atoms with E-state index in [1.807, 2.05) is 39.8 Å². The molecule has 0 radical (unpaired) electrons. The second kappa shape index (κ2) is 7.52. The first-order valence-electron chi connectivity index (χ1n) is 6.44. The lowest BCUT2D eigenvalue weighted by Gasteiger charge is -2.14. The van der Waals surface area contributed by atoms with Crippen molar-refractivity contribution in [3.63, 3.8) is 0 Å². The average Bonchev–Trinajstić information content (AvgIpc) is 2.26. The van der Waals surface area contributed by atoms with E-state index in [0.717, 1.165) is 16.7 Å². The normalized spacial score (nSPS) is 13.0. The van der Waals surface area contributed by atoms with E-state index in [2.05, 4.69) is 6.07 Å². The molecule has 18 heavy (non-hydrogen) atoms. The highest BCUT2D eigenvalue weighted by atomic mass is 16.5. The topological polar surface area (TPSA) is 38.7 Å². The molecule has 1 aromatic rings. The summed E-state index contributed by atoms with van der Waals surface area (Å²) in [6.45, 7) is 9.43. The number of aryl methyl sites for hydroxylation is 2. The van der Waals surface area contributed by atoms with Crippen LogP contribution in [-0.4, -0.2) is 31.0 Å². The molecule has 1 N–H and O–H groups in total. The molecule has 0 saturated carbocycles. The Bertz CT molecular complexity index is 341. The molecule has 0 amide bonds. The van der Waals surface area contributed by atoms with Gasteiger partial charge in [0.25, 0.3) is 0 Å². The SMILES string of the molecule is Cc1cc(C)cc(C(O)COCCOC(C)C)c1. The molecule has 0 aromatic heterocycles. The summed E-state index contributed by atoms with van der Waals surface area (Å²) >= 11 is 0. The average molecular weight is 252 g/mol. The summed E-state index contributed by atoms with van der Waals surface area (Å²) in [7, 11) is 0. The van der Waals surface area contributed by atoms with Gasteiger partial charge in [0.05, 0.1) is 25.9 Å². The van der Waals surface area contributed by atoms with E-state index < -0.39 is 6.10 Å². The van der Waals surface area contributed by atoms with Gasteiger partial charge < -0.3 is 14.6 Å². The van der Waals surface area contributed by atoms with Crippen LogP contribution in [0.15, 0.2) is 18.2 Å². The molecule has 0 saturated heterocycles. The van der Waals surface area contributed by atoms with Crippen molar-refractivity contribution in [1.82, 2.24) is 0 Å². The van der Waals surface area contributed by atoms with E-state index in [9.17, 15) is 5.11 Å². The van der Waals surface area contributed by atoms with Gasteiger partial charge in [0.1, 0.15) is 6.10 Å². The number of aliphatic hydroxyl groups is 1. The van der Waals surface area contributed by atoms with Crippen LogP contribution in [0.5, 0.6) is 0 Å². The van der Waals surface area contributed by atoms with Crippen molar-refractivity contribution >= 4 is 0 Å². The minimum Gasteiger partial charge on any atom is -0.386 e. The highest BCUT2D eigenvalue weighted by Crippen LogP contribution is 2.17. The van der Waals surface area contributed by atoms with Crippen molar-refractivity contribution < 1.29 is 14.6 Å². The van der Waals surface area contributed by atoms with Gasteiger partial charge in [-0.1, -0.05) is 29.3 Å². The minimum atomic E-state index is -0.567. The molecule has 3 heteroatoms. The van der Waals surface area contributed by atoms with Crippen molar-refractivity contribution in [1.29, 1.82) is 0 Å². The van der Waals surface area contributed by atoms with E-state index in [1.165, 1.54) is 0 Å². The van der Waals surface area contributed by atoms with E-state index in [1.54, 1.807) is 0 Å². The number of hydrogen-bond acceptors (Lipinski definition) is 3. The Morgan fingerprint density at radius 3 is 2.22 bits per heavy atom. The van der Waals surface area contributed by atoms with E-state index in [-0.39, 0.29) is 6.10 Å². The minimum absolute atomic E-state index is 0.220. The molecule has 0 aliphatic rings. The molecule has 1 aromatic carbocycles. The Balaban J connectivity index is 2.34. The molecule has 0 fully saturated rings. The summed E-state index contributed by atoms with van der Waals surface area (Å²) in [4.78, 5) is 0. The predicted octanol–water partition coefficient (Wildman–Crippen LogP) is 2.78. The number of hydrogen-bond donors (Lipinski definition) is 1. The lowest BCUT2D eigenvalue weighted by molar-refractivity contribution is -0.0110. The molecule has 1 atom stereocenters. The maximum Gasteiger partial charge on any atom is 0.102 e. The van der Waals surface area contributed by atoms with Crippen LogP contribution in [0.2, 0.25) is 0 Å². The first-order valence-corrected chi connectivity index (χ1v) is 6.44. The zero-order valence-corrected chi connectivity index (χ0v) is 11.8. The lowest BCUT2D eigenvalue weighted by Crippen LogP contribution is -2.13. The zero-order valence-electron chi connectivity index (χ0n) is 11.8. The van der Waals surface area contributed by atoms with Crippen LogP contribution in [0.3, 0.4) is 0 Å². The molecule has 102 valence electrons. The van der Waals surface area contributed by atoms with E-state index in [4.69, 9.17) is 9.47 Å². The molecule has 1 unspecified atom stereocenters. The van der Waals surface area contributed by atoms with Gasteiger partial charge in [-0.25, -0.2) is 0 Å². The Hall–Kier alpha value is -0.900. The molecule has 0 bridgehead atoms. The fourth-order valence-corrected chi connectivity index (χ4v) is 1.84. The fourth-order valence-electron chi connectivity index (χ4n) is 1.84. The van der Waals surface area contributed by atoms with Gasteiger partial charge in [0.2, 0.25) is 0 Å². The van der Waals surface area contributed by atoms with Crippen molar-refractivity contribution in [2.24, 2.45) is 0 Å². The zero-order chi connectivity index (χ0) is 13.5. The largest absolute Gasteiger partial charge is 0.386 e. The van der Waals surface area contributed by atoms with Gasteiger partial charge >= 0.3 is 0 Å². The van der Waals surface area contributed by atoms with Crippen LogP contribution >= 0.6 is 0 Å². The number of aliphatic hydroxyl groups excluding tert-OH is 1. The molecule has 0 heterocycles. The Kier molecular flexibility index (Phi) is 6.33. The summed E-state index contributed by atoms with van der Waals surface area (Å²) in [6, 6.07) is 6.07. The molecule has 1 rings (SSSR count). The third kappa shape index (κ3) is 5.63. The smallest absolute Gasteiger partial charge is 0.102 e. The predicted molar refractivity (Wildman–Crippen MR) is 72.8 cm³/mol. The highest BCUT2D eigenvalue weighted by Gasteiger charge is 2.08. The standard InChI is InChI=1S/C15H24O3/c1-11(2)18-6-5-17-10-15(16)14-8-12(3)7-13(4)9-14/h7-9,11,15-16H,5-6,10H2,1-4H3. The van der Waals surface area contributed by atoms with Gasteiger partial charge in [-0.2, -0.15) is 0 Å². The third-order valence-electron chi connectivity index (χ3n) is 2.58. The van der Waals surface area contributed by atoms with E-state index in [0.29, 0.717) is 19.8 Å². The summed E-state index contributed by atoms with van der Waals surface area (Å²) in [6.07, 6.45) is -0.347. The van der Waals surface area contributed by atoms with Crippen LogP contribution in [0.1, 0.15) is 36.6 Å². The second-order valence-corrected chi connectivity index (χ2v) is 4.93. The number of ether oxygens (including phenoxy) is 2. The first-order chi connectivity index (χ1) is 8.49. The quantitative estimate of drug-likeness (QED) is 0.758. The third-order valence-corrected chi connectivity index (χ3v) is 2.58. The highest BCUT2D eigenvalue weighted by molar-refractivity contribution is 5.29. The van der Waals surface area contributed by atoms with Gasteiger partial charge in [-0.15, -0.1) is 0 Å². The molecule has 0 aliphatic carbocycles. The Morgan fingerprint density at radius 2 is 1.67 bits per heavy atom. The van der Waals surface area contributed by atoms with Gasteiger partial charge in [-0.3, -0.25) is 0 Å². The molecular formula is C15H24O3. The lowest BCUT2D eigenvalue weighted by atomic mass is 10.0. The summed E-state index contributed by atoms with van der Waals surface area (Å²) in [5, 5.41) is 10.0. The van der Waals surface area contributed by atoms with Crippen LogP contribution in [0.4, 0.5) is 0 Å². The Labute approximate surface area is 110 Å². The maximum absolute atomic E-state index is 10.0. The van der Waals surface area contributed by atoms with Crippen molar-refractivity contribution in [2.75, 3.05) is 19.8 Å². The molecular weight excluding hydrogens is 228 g/mol. The summed E-state index contributed by atoms with van der Waals surface area (Å²) < 4.78 is 10.8. The van der Waals surface area contributed by atoms with Gasteiger partial charge in [0, 0.05) is 0 Å². The molecule has 3 nitrogen and oxygen atoms in total. The van der Waals surface area contributed by atoms with Crippen LogP contribution in [0, 0.1) is 13.8 Å². The van der Waals surface area contributed by atoms with Crippen molar-refractivity contribution in [3.05, 3.63) is 34.9 Å². The summed E-state index contributed by atoms with van der Waals surface area (Å²) in [5.74, 6) is 0. The second-order valence-electron chi connectivity index (χ2n) is 4.93. The summed E-state index contributed by atoms with van der Waals surface area (Å²) in [5.41, 5.74) is 3.23. The Morgan fingerprint density at radius 1 is 1.06 bits per heavy atom. The van der Waals surface area contributed by atoms with Gasteiger partial charge in [-0.05, 0) is 33.3 Å². The number of benzene rings is 1. The van der Waals surface area contributed by atoms with Crippen LogP contribution < -0.4 is 0 Å². The fraction of sp³-hybridized carbons (Fsp3) is 0.600. The first kappa shape index (κ1) is 15.2. The van der Waals surface area contributed by atoms with Gasteiger partial charge in [0.15, 0.2) is 0 Å². The van der Waals surface area contributed by atoms with E-state index >= 15 is 0 Å². The molecule has 0 aliphatic heterocycles.